The van der Waals surface area contributed by atoms with Crippen molar-refractivity contribution in [3.8, 4) is 11.5 Å². The van der Waals surface area contributed by atoms with Crippen LogP contribution in [0.2, 0.25) is 0 Å². The average molecular weight is 515 g/mol. The lowest BCUT2D eigenvalue weighted by molar-refractivity contribution is -0.0698. The van der Waals surface area contributed by atoms with Crippen LogP contribution in [0.4, 0.5) is 4.39 Å². The molecule has 5 nitrogen and oxygen atoms in total. The minimum atomic E-state index is -1.21. The van der Waals surface area contributed by atoms with Gasteiger partial charge in [-0.2, -0.15) is 0 Å². The van der Waals surface area contributed by atoms with Gasteiger partial charge >= 0.3 is 0 Å². The second kappa shape index (κ2) is 14.2. The van der Waals surface area contributed by atoms with E-state index in [-0.39, 0.29) is 11.7 Å². The van der Waals surface area contributed by atoms with E-state index in [1.54, 1.807) is 13.2 Å². The quantitative estimate of drug-likeness (QED) is 0.291. The van der Waals surface area contributed by atoms with Crippen LogP contribution >= 0.6 is 0 Å². The van der Waals surface area contributed by atoms with E-state index >= 15 is 4.39 Å². The molecule has 0 aliphatic carbocycles. The first-order valence-corrected chi connectivity index (χ1v) is 13.9. The van der Waals surface area contributed by atoms with Crippen LogP contribution in [0.5, 0.6) is 11.5 Å². The summed E-state index contributed by atoms with van der Waals surface area (Å²) in [6.45, 7) is 9.82. The van der Waals surface area contributed by atoms with Crippen molar-refractivity contribution in [2.24, 2.45) is 11.8 Å². The van der Waals surface area contributed by atoms with Crippen molar-refractivity contribution in [2.45, 2.75) is 70.9 Å². The highest BCUT2D eigenvalue weighted by molar-refractivity contribution is 5.45. The van der Waals surface area contributed by atoms with Gasteiger partial charge in [0.2, 0.25) is 0 Å². The molecule has 1 aliphatic rings. The van der Waals surface area contributed by atoms with Gasteiger partial charge < -0.3 is 19.9 Å². The molecule has 0 saturated carbocycles. The number of aryl methyl sites for hydroxylation is 1. The van der Waals surface area contributed by atoms with E-state index in [4.69, 9.17) is 9.47 Å². The number of likely N-dealkylation sites (N-methyl/N-ethyl adjacent to an activating group) is 1. The monoisotopic (exact) mass is 514 g/mol. The smallest absolute Gasteiger partial charge is 0.169 e. The third-order valence-corrected chi connectivity index (χ3v) is 7.72. The number of nitrogens with one attached hydrogen (secondary N) is 1. The maximum absolute atomic E-state index is 15.4. The number of piperidine rings is 1. The average Bonchev–Trinajstić information content (AvgIpc) is 2.88. The lowest BCUT2D eigenvalue weighted by Crippen LogP contribution is -2.52. The molecule has 2 aromatic carbocycles. The number of hydrogen-bond acceptors (Lipinski definition) is 5. The second-order valence-electron chi connectivity index (χ2n) is 11.0. The van der Waals surface area contributed by atoms with Gasteiger partial charge in [0.25, 0.3) is 0 Å². The van der Waals surface area contributed by atoms with Gasteiger partial charge in [-0.1, -0.05) is 44.2 Å². The molecule has 1 saturated heterocycles. The van der Waals surface area contributed by atoms with Crippen LogP contribution in [0, 0.1) is 24.6 Å². The van der Waals surface area contributed by atoms with Crippen molar-refractivity contribution in [3.05, 3.63) is 59.4 Å². The van der Waals surface area contributed by atoms with Gasteiger partial charge in [-0.05, 0) is 82.7 Å². The van der Waals surface area contributed by atoms with Crippen molar-refractivity contribution >= 4 is 0 Å². The zero-order valence-corrected chi connectivity index (χ0v) is 23.4. The van der Waals surface area contributed by atoms with Crippen molar-refractivity contribution in [1.29, 1.82) is 0 Å². The standard InChI is InChI=1S/C31H47FN2O3/c1-23(2)20-26(21-33-4)34-18-11-13-25(22-34)31(35,17-8-9-19-36-5)27-14-10-15-28(32)30(27)37-29-16-7-6-12-24(29)3/h6-7,10,12,14-16,23,25-26,33,35H,8-9,11,13,17-22H2,1-5H3. The number of unbranched alkanes of at least 4 members (excludes halogenated alkanes) is 1. The van der Waals surface area contributed by atoms with E-state index in [0.29, 0.717) is 36.3 Å². The first-order valence-electron chi connectivity index (χ1n) is 13.9. The molecule has 2 N–H and O–H groups in total. The molecule has 1 heterocycles. The van der Waals surface area contributed by atoms with Crippen LogP contribution in [0.15, 0.2) is 42.5 Å². The number of para-hydroxylation sites is 2. The summed E-state index contributed by atoms with van der Waals surface area (Å²) in [6.07, 6.45) is 5.16. The van der Waals surface area contributed by atoms with Gasteiger partial charge in [-0.25, -0.2) is 4.39 Å². The van der Waals surface area contributed by atoms with Gasteiger partial charge in [-0.15, -0.1) is 0 Å². The largest absolute Gasteiger partial charge is 0.454 e. The Balaban J connectivity index is 1.98. The number of aliphatic hydroxyl groups is 1. The Bertz CT molecular complexity index is 969. The zero-order chi connectivity index (χ0) is 26.8. The van der Waals surface area contributed by atoms with Crippen molar-refractivity contribution in [2.75, 3.05) is 40.4 Å². The fourth-order valence-corrected chi connectivity index (χ4v) is 5.80. The van der Waals surface area contributed by atoms with Gasteiger partial charge in [0.15, 0.2) is 11.6 Å². The summed E-state index contributed by atoms with van der Waals surface area (Å²) < 4.78 is 26.9. The number of halogens is 1. The number of likely N-dealkylation sites (tertiary alicyclic amines) is 1. The highest BCUT2D eigenvalue weighted by atomic mass is 19.1. The van der Waals surface area contributed by atoms with Crippen LogP contribution in [0.1, 0.15) is 63.5 Å². The zero-order valence-electron chi connectivity index (χ0n) is 23.4. The number of rotatable bonds is 14. The van der Waals surface area contributed by atoms with Gasteiger partial charge in [-0.3, -0.25) is 4.90 Å². The van der Waals surface area contributed by atoms with Crippen molar-refractivity contribution in [3.63, 3.8) is 0 Å². The summed E-state index contributed by atoms with van der Waals surface area (Å²) in [7, 11) is 3.70. The highest BCUT2D eigenvalue weighted by Crippen LogP contribution is 2.45. The number of methoxy groups -OCH3 is 1. The molecule has 1 fully saturated rings. The third-order valence-electron chi connectivity index (χ3n) is 7.72. The Morgan fingerprint density at radius 3 is 2.65 bits per heavy atom. The summed E-state index contributed by atoms with van der Waals surface area (Å²) in [6, 6.07) is 13.0. The summed E-state index contributed by atoms with van der Waals surface area (Å²) in [5, 5.41) is 15.9. The Kier molecular flexibility index (Phi) is 11.4. The van der Waals surface area contributed by atoms with Gasteiger partial charge in [0.05, 0.1) is 5.60 Å². The lowest BCUT2D eigenvalue weighted by Gasteiger charge is -2.46. The Morgan fingerprint density at radius 2 is 1.95 bits per heavy atom. The molecule has 3 unspecified atom stereocenters. The summed E-state index contributed by atoms with van der Waals surface area (Å²) in [4.78, 5) is 2.53. The van der Waals surface area contributed by atoms with E-state index in [9.17, 15) is 5.11 Å². The van der Waals surface area contributed by atoms with Crippen LogP contribution in [0.3, 0.4) is 0 Å². The minimum Gasteiger partial charge on any atom is -0.454 e. The molecule has 206 valence electrons. The highest BCUT2D eigenvalue weighted by Gasteiger charge is 2.43. The second-order valence-corrected chi connectivity index (χ2v) is 11.0. The normalized spacial score (nSPS) is 19.1. The van der Waals surface area contributed by atoms with E-state index in [0.717, 1.165) is 57.3 Å². The number of hydrogen-bond donors (Lipinski definition) is 2. The topological polar surface area (TPSA) is 54.0 Å². The first kappa shape index (κ1) is 29.6. The molecular formula is C31H47FN2O3. The number of nitrogens with zero attached hydrogens (tertiary/aromatic N) is 1. The van der Waals surface area contributed by atoms with Crippen LogP contribution in [0.25, 0.3) is 0 Å². The molecule has 0 aromatic heterocycles. The molecule has 1 aliphatic heterocycles. The fraction of sp³-hybridized carbons (Fsp3) is 0.613. The predicted molar refractivity (Wildman–Crippen MR) is 149 cm³/mol. The summed E-state index contributed by atoms with van der Waals surface area (Å²) in [5.74, 6) is 0.848. The maximum Gasteiger partial charge on any atom is 0.169 e. The van der Waals surface area contributed by atoms with Gasteiger partial charge in [0.1, 0.15) is 5.75 Å². The summed E-state index contributed by atoms with van der Waals surface area (Å²) in [5.41, 5.74) is 0.260. The molecule has 6 heteroatoms. The molecule has 0 amide bonds. The molecular weight excluding hydrogens is 467 g/mol. The molecule has 2 aromatic rings. The van der Waals surface area contributed by atoms with E-state index in [2.05, 4.69) is 24.1 Å². The third kappa shape index (κ3) is 7.76. The molecule has 3 atom stereocenters. The first-order chi connectivity index (χ1) is 17.8. The molecule has 0 radical (unpaired) electrons. The van der Waals surface area contributed by atoms with E-state index in [1.807, 2.05) is 44.3 Å². The Labute approximate surface area is 223 Å². The summed E-state index contributed by atoms with van der Waals surface area (Å²) >= 11 is 0. The number of ether oxygens (including phenoxy) is 2. The fourth-order valence-electron chi connectivity index (χ4n) is 5.80. The molecule has 0 spiro atoms. The van der Waals surface area contributed by atoms with E-state index < -0.39 is 11.4 Å². The predicted octanol–water partition coefficient (Wildman–Crippen LogP) is 6.28. The molecule has 0 bridgehead atoms. The molecule has 37 heavy (non-hydrogen) atoms. The Hall–Kier alpha value is -1.99. The number of benzene rings is 2. The van der Waals surface area contributed by atoms with Crippen LogP contribution in [-0.2, 0) is 10.3 Å². The van der Waals surface area contributed by atoms with Crippen molar-refractivity contribution in [1.82, 2.24) is 10.2 Å². The van der Waals surface area contributed by atoms with Crippen LogP contribution < -0.4 is 10.1 Å². The minimum absolute atomic E-state index is 0.0312. The molecule has 3 rings (SSSR count). The van der Waals surface area contributed by atoms with Crippen molar-refractivity contribution < 1.29 is 19.0 Å². The van der Waals surface area contributed by atoms with Crippen LogP contribution in [-0.4, -0.2) is 56.4 Å². The Morgan fingerprint density at radius 1 is 1.16 bits per heavy atom. The van der Waals surface area contributed by atoms with E-state index in [1.165, 1.54) is 6.07 Å². The SMILES string of the molecule is CNCC(CC(C)C)N1CCCC(C(O)(CCCCOC)c2cccc(F)c2Oc2ccccc2C)C1. The lowest BCUT2D eigenvalue weighted by atomic mass is 9.73. The maximum atomic E-state index is 15.4. The van der Waals surface area contributed by atoms with Gasteiger partial charge in [0, 0.05) is 44.3 Å².